The number of halogens is 1. The molecule has 5 nitrogen and oxygen atoms in total. The van der Waals surface area contributed by atoms with Gasteiger partial charge in [-0.25, -0.2) is 0 Å². The number of likely N-dealkylation sites (tertiary alicyclic amines) is 1. The lowest BCUT2D eigenvalue weighted by atomic mass is 10.0. The number of anilines is 1. The van der Waals surface area contributed by atoms with Crippen LogP contribution >= 0.6 is 24.0 Å². The van der Waals surface area contributed by atoms with Crippen LogP contribution in [0.2, 0.25) is 0 Å². The minimum Gasteiger partial charge on any atom is -0.375 e. The van der Waals surface area contributed by atoms with Gasteiger partial charge in [-0.3, -0.25) is 4.99 Å². The van der Waals surface area contributed by atoms with Gasteiger partial charge in [-0.2, -0.15) is 0 Å². The summed E-state index contributed by atoms with van der Waals surface area (Å²) in [7, 11) is 4.00. The Morgan fingerprint density at radius 2 is 1.88 bits per heavy atom. The molecule has 0 radical (unpaired) electrons. The smallest absolute Gasteiger partial charge is 0.191 e. The van der Waals surface area contributed by atoms with Crippen molar-refractivity contribution in [1.82, 2.24) is 15.5 Å². The van der Waals surface area contributed by atoms with E-state index in [0.29, 0.717) is 12.1 Å². The van der Waals surface area contributed by atoms with Gasteiger partial charge >= 0.3 is 0 Å². The summed E-state index contributed by atoms with van der Waals surface area (Å²) < 4.78 is 0. The summed E-state index contributed by atoms with van der Waals surface area (Å²) >= 11 is 0. The summed E-state index contributed by atoms with van der Waals surface area (Å²) in [6, 6.07) is 11.7. The fourth-order valence-electron chi connectivity index (χ4n) is 3.28. The minimum atomic E-state index is 0. The highest BCUT2D eigenvalue weighted by molar-refractivity contribution is 14.0. The molecule has 1 aliphatic rings. The molecule has 1 aromatic rings. The molecule has 2 N–H and O–H groups in total. The van der Waals surface area contributed by atoms with Gasteiger partial charge in [-0.15, -0.1) is 24.0 Å². The second-order valence-corrected chi connectivity index (χ2v) is 7.16. The molecular formula is C20H36IN5. The molecule has 0 aromatic heterocycles. The number of piperidine rings is 1. The maximum absolute atomic E-state index is 4.38. The van der Waals surface area contributed by atoms with Gasteiger partial charge in [0.15, 0.2) is 5.96 Å². The Balaban J connectivity index is 0.00000338. The van der Waals surface area contributed by atoms with E-state index in [1.807, 2.05) is 7.05 Å². The normalized spacial score (nSPS) is 16.3. The van der Waals surface area contributed by atoms with E-state index in [4.69, 9.17) is 0 Å². The molecule has 26 heavy (non-hydrogen) atoms. The lowest BCUT2D eigenvalue weighted by molar-refractivity contribution is 0.167. The zero-order valence-electron chi connectivity index (χ0n) is 16.7. The Morgan fingerprint density at radius 1 is 1.23 bits per heavy atom. The first-order valence-corrected chi connectivity index (χ1v) is 9.57. The number of hydrogen-bond acceptors (Lipinski definition) is 3. The van der Waals surface area contributed by atoms with Crippen molar-refractivity contribution in [1.29, 1.82) is 0 Å². The van der Waals surface area contributed by atoms with Crippen LogP contribution in [-0.2, 0) is 0 Å². The first-order valence-electron chi connectivity index (χ1n) is 9.57. The Labute approximate surface area is 176 Å². The molecule has 0 saturated carbocycles. The first kappa shape index (κ1) is 23.0. The van der Waals surface area contributed by atoms with E-state index in [1.54, 1.807) is 0 Å². The van der Waals surface area contributed by atoms with Crippen LogP contribution in [0.5, 0.6) is 0 Å². The van der Waals surface area contributed by atoms with Crippen molar-refractivity contribution < 1.29 is 0 Å². The molecule has 6 heteroatoms. The average molecular weight is 473 g/mol. The van der Waals surface area contributed by atoms with Crippen LogP contribution in [0.1, 0.15) is 33.1 Å². The highest BCUT2D eigenvalue weighted by atomic mass is 127. The van der Waals surface area contributed by atoms with Gasteiger partial charge < -0.3 is 20.4 Å². The topological polar surface area (TPSA) is 42.9 Å². The average Bonchev–Trinajstić information content (AvgIpc) is 2.65. The van der Waals surface area contributed by atoms with Crippen LogP contribution < -0.4 is 15.5 Å². The van der Waals surface area contributed by atoms with Gasteiger partial charge in [-0.1, -0.05) is 18.2 Å². The van der Waals surface area contributed by atoms with Crippen molar-refractivity contribution >= 4 is 35.6 Å². The number of nitrogens with one attached hydrogen (secondary N) is 2. The molecular weight excluding hydrogens is 437 g/mol. The molecule has 0 spiro atoms. The van der Waals surface area contributed by atoms with Crippen molar-refractivity contribution in [2.45, 2.75) is 45.2 Å². The second kappa shape index (κ2) is 12.4. The van der Waals surface area contributed by atoms with Crippen LogP contribution in [0, 0.1) is 0 Å². The minimum absolute atomic E-state index is 0. The predicted molar refractivity (Wildman–Crippen MR) is 124 cm³/mol. The SMILES string of the molecule is CN=C(NCCCN(C)c1ccccc1)NC1CCN(C(C)C)CC1.I. The molecule has 1 aliphatic heterocycles. The highest BCUT2D eigenvalue weighted by Crippen LogP contribution is 2.13. The monoisotopic (exact) mass is 473 g/mol. The standard InChI is InChI=1S/C20H35N5.HI/c1-17(2)25-15-11-18(12-16-25)23-20(21-3)22-13-8-14-24(4)19-9-6-5-7-10-19;/h5-7,9-10,17-18H,8,11-16H2,1-4H3,(H2,21,22,23);1H. The summed E-state index contributed by atoms with van der Waals surface area (Å²) in [4.78, 5) is 9.22. The van der Waals surface area contributed by atoms with Gasteiger partial charge in [0.05, 0.1) is 0 Å². The van der Waals surface area contributed by atoms with Gasteiger partial charge in [-0.05, 0) is 45.2 Å². The van der Waals surface area contributed by atoms with Crippen LogP contribution in [0.15, 0.2) is 35.3 Å². The maximum Gasteiger partial charge on any atom is 0.191 e. The van der Waals surface area contributed by atoms with Crippen molar-refractivity contribution in [2.24, 2.45) is 4.99 Å². The zero-order chi connectivity index (χ0) is 18.1. The summed E-state index contributed by atoms with van der Waals surface area (Å²) in [5, 5.41) is 7.04. The largest absolute Gasteiger partial charge is 0.375 e. The summed E-state index contributed by atoms with van der Waals surface area (Å²) in [6.07, 6.45) is 3.46. The Hall–Kier alpha value is -1.02. The lowest BCUT2D eigenvalue weighted by Gasteiger charge is -2.35. The predicted octanol–water partition coefficient (Wildman–Crippen LogP) is 3.17. The second-order valence-electron chi connectivity index (χ2n) is 7.16. The van der Waals surface area contributed by atoms with Gasteiger partial charge in [0.25, 0.3) is 0 Å². The number of para-hydroxylation sites is 1. The fraction of sp³-hybridized carbons (Fsp3) is 0.650. The van der Waals surface area contributed by atoms with E-state index < -0.39 is 0 Å². The summed E-state index contributed by atoms with van der Waals surface area (Å²) in [6.45, 7) is 8.87. The summed E-state index contributed by atoms with van der Waals surface area (Å²) in [5.41, 5.74) is 1.27. The van der Waals surface area contributed by atoms with E-state index in [2.05, 4.69) is 76.7 Å². The number of rotatable bonds is 7. The molecule has 0 atom stereocenters. The lowest BCUT2D eigenvalue weighted by Crippen LogP contribution is -2.50. The molecule has 1 saturated heterocycles. The third-order valence-corrected chi connectivity index (χ3v) is 4.98. The van der Waals surface area contributed by atoms with Crippen LogP contribution in [0.3, 0.4) is 0 Å². The number of benzene rings is 1. The third-order valence-electron chi connectivity index (χ3n) is 4.98. The van der Waals surface area contributed by atoms with E-state index in [9.17, 15) is 0 Å². The maximum atomic E-state index is 4.38. The van der Waals surface area contributed by atoms with Crippen LogP contribution in [-0.4, -0.2) is 63.2 Å². The molecule has 2 rings (SSSR count). The Bertz CT molecular complexity index is 512. The first-order chi connectivity index (χ1) is 12.1. The fourth-order valence-corrected chi connectivity index (χ4v) is 3.28. The molecule has 1 heterocycles. The van der Waals surface area contributed by atoms with E-state index in [0.717, 1.165) is 25.5 Å². The van der Waals surface area contributed by atoms with Gasteiger partial charge in [0, 0.05) is 58.0 Å². The Morgan fingerprint density at radius 3 is 2.46 bits per heavy atom. The third kappa shape index (κ3) is 7.70. The van der Waals surface area contributed by atoms with Crippen molar-refractivity contribution in [3.05, 3.63) is 30.3 Å². The molecule has 0 unspecified atom stereocenters. The zero-order valence-corrected chi connectivity index (χ0v) is 19.1. The van der Waals surface area contributed by atoms with Crippen LogP contribution in [0.4, 0.5) is 5.69 Å². The molecule has 1 fully saturated rings. The molecule has 0 aliphatic carbocycles. The van der Waals surface area contributed by atoms with Gasteiger partial charge in [0.1, 0.15) is 0 Å². The van der Waals surface area contributed by atoms with E-state index in [1.165, 1.54) is 31.6 Å². The molecule has 1 aromatic carbocycles. The van der Waals surface area contributed by atoms with Crippen molar-refractivity contribution in [3.8, 4) is 0 Å². The quantitative estimate of drug-likeness (QED) is 0.276. The van der Waals surface area contributed by atoms with E-state index in [-0.39, 0.29) is 24.0 Å². The van der Waals surface area contributed by atoms with Crippen molar-refractivity contribution in [2.75, 3.05) is 45.2 Å². The molecule has 0 amide bonds. The van der Waals surface area contributed by atoms with Gasteiger partial charge in [0.2, 0.25) is 0 Å². The number of guanidine groups is 1. The number of aliphatic imine (C=N–C) groups is 1. The van der Waals surface area contributed by atoms with E-state index >= 15 is 0 Å². The summed E-state index contributed by atoms with van der Waals surface area (Å²) in [5.74, 6) is 0.936. The Kier molecular flexibility index (Phi) is 11.0. The van der Waals surface area contributed by atoms with Crippen LogP contribution in [0.25, 0.3) is 0 Å². The molecule has 0 bridgehead atoms. The van der Waals surface area contributed by atoms with Crippen molar-refractivity contribution in [3.63, 3.8) is 0 Å². The number of nitrogens with zero attached hydrogens (tertiary/aromatic N) is 3. The highest BCUT2D eigenvalue weighted by Gasteiger charge is 2.21. The number of hydrogen-bond donors (Lipinski definition) is 2. The molecule has 148 valence electrons.